The van der Waals surface area contributed by atoms with Crippen molar-refractivity contribution in [2.75, 3.05) is 0 Å². The standard InChI is InChI=1S/C14H11N3O2/c18-13-11-5-1-2-6-12(11)16-14(19)17(13)9-10-4-3-7-15-8-10/h1-8H,9H2,(H,16,19). The lowest BCUT2D eigenvalue weighted by Gasteiger charge is -2.05. The number of benzene rings is 1. The summed E-state index contributed by atoms with van der Waals surface area (Å²) in [7, 11) is 0. The van der Waals surface area contributed by atoms with Crippen LogP contribution in [0.25, 0.3) is 10.9 Å². The molecular formula is C14H11N3O2. The molecule has 2 heterocycles. The first-order valence-corrected chi connectivity index (χ1v) is 5.86. The molecule has 2 aromatic heterocycles. The molecule has 1 aromatic carbocycles. The lowest BCUT2D eigenvalue weighted by molar-refractivity contribution is 0.709. The first kappa shape index (κ1) is 11.4. The SMILES string of the molecule is O=c1[nH]c2ccccc2c(=O)n1Cc1cccnc1. The lowest BCUT2D eigenvalue weighted by Crippen LogP contribution is -2.35. The number of H-pyrrole nitrogens is 1. The number of rotatable bonds is 2. The molecule has 3 aromatic rings. The first-order chi connectivity index (χ1) is 9.25. The number of aromatic amines is 1. The van der Waals surface area contributed by atoms with Gasteiger partial charge in [0.1, 0.15) is 0 Å². The molecule has 0 unspecified atom stereocenters. The molecule has 0 atom stereocenters. The Morgan fingerprint density at radius 2 is 1.95 bits per heavy atom. The number of hydrogen-bond donors (Lipinski definition) is 1. The summed E-state index contributed by atoms with van der Waals surface area (Å²) in [6.07, 6.45) is 3.29. The van der Waals surface area contributed by atoms with Crippen LogP contribution in [0.5, 0.6) is 0 Å². The Balaban J connectivity index is 2.19. The minimum absolute atomic E-state index is 0.215. The van der Waals surface area contributed by atoms with Crippen molar-refractivity contribution in [2.24, 2.45) is 0 Å². The van der Waals surface area contributed by atoms with E-state index < -0.39 is 5.69 Å². The summed E-state index contributed by atoms with van der Waals surface area (Å²) >= 11 is 0. The average Bonchev–Trinajstić information content (AvgIpc) is 2.45. The molecule has 5 nitrogen and oxygen atoms in total. The van der Waals surface area contributed by atoms with Gasteiger partial charge in [-0.1, -0.05) is 18.2 Å². The molecule has 0 fully saturated rings. The van der Waals surface area contributed by atoms with E-state index in [0.717, 1.165) is 5.56 Å². The third-order valence-corrected chi connectivity index (χ3v) is 2.95. The summed E-state index contributed by atoms with van der Waals surface area (Å²) in [4.78, 5) is 30.9. The van der Waals surface area contributed by atoms with Crippen molar-refractivity contribution in [3.63, 3.8) is 0 Å². The normalized spacial score (nSPS) is 10.7. The molecule has 0 aliphatic rings. The second kappa shape index (κ2) is 4.53. The Labute approximate surface area is 108 Å². The van der Waals surface area contributed by atoms with Crippen LogP contribution in [0.3, 0.4) is 0 Å². The summed E-state index contributed by atoms with van der Waals surface area (Å²) in [5.41, 5.74) is 0.668. The summed E-state index contributed by atoms with van der Waals surface area (Å²) in [5.74, 6) is 0. The quantitative estimate of drug-likeness (QED) is 0.744. The highest BCUT2D eigenvalue weighted by molar-refractivity contribution is 5.76. The fourth-order valence-corrected chi connectivity index (χ4v) is 2.02. The molecule has 0 radical (unpaired) electrons. The molecule has 0 spiro atoms. The monoisotopic (exact) mass is 253 g/mol. The van der Waals surface area contributed by atoms with Crippen LogP contribution in [0.2, 0.25) is 0 Å². The fourth-order valence-electron chi connectivity index (χ4n) is 2.02. The van der Waals surface area contributed by atoms with E-state index in [2.05, 4.69) is 9.97 Å². The Morgan fingerprint density at radius 1 is 1.11 bits per heavy atom. The molecule has 1 N–H and O–H groups in total. The van der Waals surface area contributed by atoms with Gasteiger partial charge in [-0.15, -0.1) is 0 Å². The van der Waals surface area contributed by atoms with Crippen LogP contribution >= 0.6 is 0 Å². The van der Waals surface area contributed by atoms with Crippen LogP contribution in [0.1, 0.15) is 5.56 Å². The smallest absolute Gasteiger partial charge is 0.307 e. The van der Waals surface area contributed by atoms with Crippen LogP contribution in [0, 0.1) is 0 Å². The van der Waals surface area contributed by atoms with Crippen molar-refractivity contribution in [3.8, 4) is 0 Å². The number of hydrogen-bond acceptors (Lipinski definition) is 3. The molecule has 0 bridgehead atoms. The number of nitrogens with zero attached hydrogens (tertiary/aromatic N) is 2. The summed E-state index contributed by atoms with van der Waals surface area (Å²) in [6, 6.07) is 10.6. The molecule has 94 valence electrons. The second-order valence-electron chi connectivity index (χ2n) is 4.23. The van der Waals surface area contributed by atoms with E-state index >= 15 is 0 Å². The molecule has 0 saturated heterocycles. The summed E-state index contributed by atoms with van der Waals surface area (Å²) < 4.78 is 1.18. The maximum absolute atomic E-state index is 12.3. The Bertz CT molecular complexity index is 834. The van der Waals surface area contributed by atoms with E-state index in [1.54, 1.807) is 42.7 Å². The summed E-state index contributed by atoms with van der Waals surface area (Å²) in [6.45, 7) is 0.215. The average molecular weight is 253 g/mol. The highest BCUT2D eigenvalue weighted by Crippen LogP contribution is 2.04. The van der Waals surface area contributed by atoms with E-state index in [4.69, 9.17) is 0 Å². The Hall–Kier alpha value is -2.69. The predicted molar refractivity (Wildman–Crippen MR) is 72.2 cm³/mol. The van der Waals surface area contributed by atoms with Gasteiger partial charge in [0.05, 0.1) is 17.4 Å². The van der Waals surface area contributed by atoms with Crippen LogP contribution in [0.15, 0.2) is 58.4 Å². The van der Waals surface area contributed by atoms with Gasteiger partial charge in [-0.05, 0) is 23.8 Å². The van der Waals surface area contributed by atoms with Gasteiger partial charge in [-0.2, -0.15) is 0 Å². The number of para-hydroxylation sites is 1. The molecule has 19 heavy (non-hydrogen) atoms. The van der Waals surface area contributed by atoms with Crippen molar-refractivity contribution in [2.45, 2.75) is 6.54 Å². The third-order valence-electron chi connectivity index (χ3n) is 2.95. The van der Waals surface area contributed by atoms with Gasteiger partial charge < -0.3 is 4.98 Å². The zero-order valence-corrected chi connectivity index (χ0v) is 10.0. The van der Waals surface area contributed by atoms with Crippen LogP contribution < -0.4 is 11.2 Å². The largest absolute Gasteiger partial charge is 0.329 e. The summed E-state index contributed by atoms with van der Waals surface area (Å²) in [5, 5.41) is 0.506. The predicted octanol–water partition coefficient (Wildman–Crippen LogP) is 1.13. The third kappa shape index (κ3) is 2.06. The first-order valence-electron chi connectivity index (χ1n) is 5.86. The number of fused-ring (bicyclic) bond motifs is 1. The molecule has 0 amide bonds. The van der Waals surface area contributed by atoms with Gasteiger partial charge in [-0.25, -0.2) is 4.79 Å². The molecule has 0 saturated carbocycles. The van der Waals surface area contributed by atoms with Crippen LogP contribution in [0.4, 0.5) is 0 Å². The van der Waals surface area contributed by atoms with E-state index in [9.17, 15) is 9.59 Å². The van der Waals surface area contributed by atoms with Gasteiger partial charge in [0, 0.05) is 12.4 Å². The Kier molecular flexibility index (Phi) is 2.72. The van der Waals surface area contributed by atoms with E-state index in [-0.39, 0.29) is 12.1 Å². The number of aromatic nitrogens is 3. The molecule has 0 aliphatic heterocycles. The molecule has 5 heteroatoms. The maximum atomic E-state index is 12.3. The zero-order valence-electron chi connectivity index (χ0n) is 10.0. The van der Waals surface area contributed by atoms with Crippen molar-refractivity contribution in [3.05, 3.63) is 75.2 Å². The molecule has 3 rings (SSSR count). The molecular weight excluding hydrogens is 242 g/mol. The van der Waals surface area contributed by atoms with Crippen molar-refractivity contribution in [1.82, 2.24) is 14.5 Å². The minimum atomic E-state index is -0.410. The van der Waals surface area contributed by atoms with Gasteiger partial charge in [0.2, 0.25) is 0 Å². The van der Waals surface area contributed by atoms with Crippen LogP contribution in [-0.4, -0.2) is 14.5 Å². The van der Waals surface area contributed by atoms with E-state index in [1.165, 1.54) is 4.57 Å². The second-order valence-corrected chi connectivity index (χ2v) is 4.23. The topological polar surface area (TPSA) is 67.8 Å². The van der Waals surface area contributed by atoms with E-state index in [1.807, 2.05) is 6.07 Å². The van der Waals surface area contributed by atoms with Crippen molar-refractivity contribution >= 4 is 10.9 Å². The fraction of sp³-hybridized carbons (Fsp3) is 0.0714. The van der Waals surface area contributed by atoms with Gasteiger partial charge in [0.15, 0.2) is 0 Å². The number of nitrogens with one attached hydrogen (secondary N) is 1. The van der Waals surface area contributed by atoms with Gasteiger partial charge in [0.25, 0.3) is 5.56 Å². The zero-order chi connectivity index (χ0) is 13.2. The maximum Gasteiger partial charge on any atom is 0.329 e. The van der Waals surface area contributed by atoms with Crippen LogP contribution in [-0.2, 0) is 6.54 Å². The van der Waals surface area contributed by atoms with Crippen molar-refractivity contribution < 1.29 is 0 Å². The highest BCUT2D eigenvalue weighted by Gasteiger charge is 2.07. The molecule has 0 aliphatic carbocycles. The van der Waals surface area contributed by atoms with Gasteiger partial charge in [-0.3, -0.25) is 14.3 Å². The highest BCUT2D eigenvalue weighted by atomic mass is 16.2. The van der Waals surface area contributed by atoms with Crippen molar-refractivity contribution in [1.29, 1.82) is 0 Å². The number of pyridine rings is 1. The minimum Gasteiger partial charge on any atom is -0.307 e. The van der Waals surface area contributed by atoms with Gasteiger partial charge >= 0.3 is 5.69 Å². The lowest BCUT2D eigenvalue weighted by atomic mass is 10.2. The van der Waals surface area contributed by atoms with E-state index in [0.29, 0.717) is 10.9 Å². The Morgan fingerprint density at radius 3 is 2.74 bits per heavy atom.